The van der Waals surface area contributed by atoms with Gasteiger partial charge < -0.3 is 9.63 Å². The Balaban J connectivity index is 2.26. The Kier molecular flexibility index (Phi) is 5.37. The molecule has 0 unspecified atom stereocenters. The Morgan fingerprint density at radius 2 is 1.44 bits per heavy atom. The molecule has 0 spiro atoms. The largest absolute Gasteiger partial charge is 0.508 e. The van der Waals surface area contributed by atoms with Crippen molar-refractivity contribution in [1.29, 1.82) is 0 Å². The summed E-state index contributed by atoms with van der Waals surface area (Å²) in [7, 11) is -3.31. The summed E-state index contributed by atoms with van der Waals surface area (Å²) in [4.78, 5) is 0. The molecule has 0 aliphatic rings. The van der Waals surface area contributed by atoms with Gasteiger partial charge in [-0.05, 0) is 30.7 Å². The predicted molar refractivity (Wildman–Crippen MR) is 102 cm³/mol. The first kappa shape index (κ1) is 17.5. The van der Waals surface area contributed by atoms with Crippen LogP contribution in [0.5, 0.6) is 5.75 Å². The molecule has 3 nitrogen and oxygen atoms in total. The zero-order valence-electron chi connectivity index (χ0n) is 14.1. The van der Waals surface area contributed by atoms with E-state index in [1.807, 2.05) is 79.7 Å². The molecule has 0 radical (unpaired) electrons. The normalized spacial score (nSPS) is 14.6. The highest BCUT2D eigenvalue weighted by Gasteiger charge is 2.39. The number of phenolic OH excluding ortho intramolecular Hbond substituents is 1. The topological polar surface area (TPSA) is 46.5 Å². The summed E-state index contributed by atoms with van der Waals surface area (Å²) in [5, 5.41) is 11.1. The van der Waals surface area contributed by atoms with Crippen LogP contribution in [0.1, 0.15) is 23.7 Å². The number of hydrogen-bond acceptors (Lipinski definition) is 3. The molecule has 0 heterocycles. The highest BCUT2D eigenvalue weighted by Crippen LogP contribution is 2.62. The van der Waals surface area contributed by atoms with Crippen molar-refractivity contribution >= 4 is 12.7 Å². The highest BCUT2D eigenvalue weighted by atomic mass is 31.2. The standard InChI is InChI=1S/C21H21O3P/c1-2-24-25(23,18-13-7-4-8-14-18)21(17-11-5-3-6-12-17)19-15-9-10-16-20(19)22/h3-16,21-22H,2H2,1H3/t21-,25-/m0/s1. The van der Waals surface area contributed by atoms with Crippen molar-refractivity contribution in [3.63, 3.8) is 0 Å². The maximum Gasteiger partial charge on any atom is 0.243 e. The minimum Gasteiger partial charge on any atom is -0.508 e. The van der Waals surface area contributed by atoms with Crippen LogP contribution in [0, 0.1) is 0 Å². The summed E-state index contributed by atoms with van der Waals surface area (Å²) in [6.45, 7) is 2.16. The maximum atomic E-state index is 14.1. The van der Waals surface area contributed by atoms with E-state index in [0.29, 0.717) is 17.5 Å². The summed E-state index contributed by atoms with van der Waals surface area (Å²) >= 11 is 0. The van der Waals surface area contributed by atoms with Gasteiger partial charge in [0.15, 0.2) is 0 Å². The molecule has 0 saturated heterocycles. The van der Waals surface area contributed by atoms with E-state index in [1.54, 1.807) is 12.1 Å². The van der Waals surface area contributed by atoms with Crippen molar-refractivity contribution in [1.82, 2.24) is 0 Å². The van der Waals surface area contributed by atoms with Crippen LogP contribution < -0.4 is 5.30 Å². The zero-order valence-corrected chi connectivity index (χ0v) is 15.0. The van der Waals surface area contributed by atoms with E-state index in [1.165, 1.54) is 0 Å². The summed E-state index contributed by atoms with van der Waals surface area (Å²) in [5.74, 6) is 0.118. The summed E-state index contributed by atoms with van der Waals surface area (Å²) in [5.41, 5.74) is 0.885. The van der Waals surface area contributed by atoms with E-state index in [9.17, 15) is 9.67 Å². The molecule has 3 aromatic carbocycles. The molecule has 2 atom stereocenters. The fraction of sp³-hybridized carbons (Fsp3) is 0.143. The second-order valence-electron chi connectivity index (χ2n) is 5.72. The quantitative estimate of drug-likeness (QED) is 0.626. The number of phenols is 1. The first-order chi connectivity index (χ1) is 12.2. The van der Waals surface area contributed by atoms with Crippen molar-refractivity contribution in [2.24, 2.45) is 0 Å². The van der Waals surface area contributed by atoms with E-state index in [0.717, 1.165) is 5.56 Å². The number of rotatable bonds is 6. The van der Waals surface area contributed by atoms with Gasteiger partial charge >= 0.3 is 0 Å². The summed E-state index contributed by atoms with van der Waals surface area (Å²) < 4.78 is 20.0. The molecular formula is C21H21O3P. The molecule has 0 aromatic heterocycles. The highest BCUT2D eigenvalue weighted by molar-refractivity contribution is 7.67. The van der Waals surface area contributed by atoms with Gasteiger partial charge in [0.1, 0.15) is 5.75 Å². The van der Waals surface area contributed by atoms with Gasteiger partial charge in [-0.15, -0.1) is 0 Å². The van der Waals surface area contributed by atoms with Gasteiger partial charge in [-0.2, -0.15) is 0 Å². The summed E-state index contributed by atoms with van der Waals surface area (Å²) in [6, 6.07) is 25.8. The Hall–Kier alpha value is -2.35. The van der Waals surface area contributed by atoms with Gasteiger partial charge in [-0.3, -0.25) is 4.57 Å². The molecule has 1 N–H and O–H groups in total. The van der Waals surface area contributed by atoms with Crippen LogP contribution in [-0.4, -0.2) is 11.7 Å². The van der Waals surface area contributed by atoms with Gasteiger partial charge in [0, 0.05) is 10.9 Å². The second-order valence-corrected chi connectivity index (χ2v) is 8.21. The third-order valence-corrected chi connectivity index (χ3v) is 7.04. The molecule has 0 bridgehead atoms. The van der Waals surface area contributed by atoms with Crippen molar-refractivity contribution in [3.05, 3.63) is 96.1 Å². The van der Waals surface area contributed by atoms with Gasteiger partial charge in [-0.1, -0.05) is 66.7 Å². The van der Waals surface area contributed by atoms with Crippen LogP contribution in [-0.2, 0) is 9.09 Å². The number of hydrogen-bond donors (Lipinski definition) is 1. The van der Waals surface area contributed by atoms with Crippen molar-refractivity contribution in [3.8, 4) is 5.75 Å². The summed E-state index contributed by atoms with van der Waals surface area (Å²) in [6.07, 6.45) is 0. The lowest BCUT2D eigenvalue weighted by molar-refractivity contribution is 0.335. The van der Waals surface area contributed by atoms with Crippen LogP contribution in [0.3, 0.4) is 0 Å². The average Bonchev–Trinajstić information content (AvgIpc) is 2.65. The van der Waals surface area contributed by atoms with Gasteiger partial charge in [0.2, 0.25) is 7.37 Å². The average molecular weight is 352 g/mol. The molecular weight excluding hydrogens is 331 g/mol. The predicted octanol–water partition coefficient (Wildman–Crippen LogP) is 5.12. The monoisotopic (exact) mass is 352 g/mol. The maximum absolute atomic E-state index is 14.1. The Morgan fingerprint density at radius 3 is 2.04 bits per heavy atom. The van der Waals surface area contributed by atoms with E-state index in [4.69, 9.17) is 4.52 Å². The molecule has 25 heavy (non-hydrogen) atoms. The SMILES string of the molecule is CCO[P@@](=O)(c1ccccc1)[C@@H](c1ccccc1)c1ccccc1O. The lowest BCUT2D eigenvalue weighted by Gasteiger charge is -2.29. The Labute approximate surface area is 148 Å². The molecule has 128 valence electrons. The first-order valence-corrected chi connectivity index (χ1v) is 9.99. The van der Waals surface area contributed by atoms with Gasteiger partial charge in [0.05, 0.1) is 12.3 Å². The van der Waals surface area contributed by atoms with Crippen LogP contribution in [0.25, 0.3) is 0 Å². The van der Waals surface area contributed by atoms with Crippen molar-refractivity contribution < 1.29 is 14.2 Å². The van der Waals surface area contributed by atoms with Crippen molar-refractivity contribution in [2.45, 2.75) is 12.6 Å². The molecule has 0 saturated carbocycles. The zero-order chi connectivity index (χ0) is 17.7. The minimum absolute atomic E-state index is 0.118. The Bertz CT molecular complexity index is 863. The van der Waals surface area contributed by atoms with Crippen LogP contribution >= 0.6 is 7.37 Å². The van der Waals surface area contributed by atoms with Crippen LogP contribution in [0.4, 0.5) is 0 Å². The minimum atomic E-state index is -3.31. The third-order valence-electron chi connectivity index (χ3n) is 4.12. The number of aromatic hydroxyl groups is 1. The molecule has 0 aliphatic heterocycles. The first-order valence-electron chi connectivity index (χ1n) is 8.29. The van der Waals surface area contributed by atoms with Crippen LogP contribution in [0.15, 0.2) is 84.9 Å². The van der Waals surface area contributed by atoms with E-state index >= 15 is 0 Å². The molecule has 0 aliphatic carbocycles. The molecule has 3 rings (SSSR count). The number of benzene rings is 3. The third kappa shape index (κ3) is 3.53. The van der Waals surface area contributed by atoms with Gasteiger partial charge in [0.25, 0.3) is 0 Å². The number of para-hydroxylation sites is 1. The molecule has 0 amide bonds. The van der Waals surface area contributed by atoms with Gasteiger partial charge in [-0.25, -0.2) is 0 Å². The van der Waals surface area contributed by atoms with E-state index < -0.39 is 13.0 Å². The molecule has 0 fully saturated rings. The van der Waals surface area contributed by atoms with Crippen LogP contribution in [0.2, 0.25) is 0 Å². The second kappa shape index (κ2) is 7.69. The lowest BCUT2D eigenvalue weighted by atomic mass is 10.0. The lowest BCUT2D eigenvalue weighted by Crippen LogP contribution is -2.15. The molecule has 4 heteroatoms. The van der Waals surface area contributed by atoms with E-state index in [-0.39, 0.29) is 5.75 Å². The fourth-order valence-corrected chi connectivity index (χ4v) is 5.76. The smallest absolute Gasteiger partial charge is 0.243 e. The molecule has 3 aromatic rings. The van der Waals surface area contributed by atoms with Crippen molar-refractivity contribution in [2.75, 3.05) is 6.61 Å². The van der Waals surface area contributed by atoms with E-state index in [2.05, 4.69) is 0 Å². The Morgan fingerprint density at radius 1 is 0.880 bits per heavy atom. The fourth-order valence-electron chi connectivity index (χ4n) is 3.04.